The minimum absolute atomic E-state index is 0.140. The van der Waals surface area contributed by atoms with Gasteiger partial charge < -0.3 is 5.32 Å². The molecule has 2 heterocycles. The minimum atomic E-state index is -3.96. The molecule has 0 saturated heterocycles. The van der Waals surface area contributed by atoms with E-state index in [4.69, 9.17) is 19.4 Å². The van der Waals surface area contributed by atoms with Crippen LogP contribution in [0.25, 0.3) is 16.9 Å². The summed E-state index contributed by atoms with van der Waals surface area (Å²) < 4.78 is 54.5. The van der Waals surface area contributed by atoms with E-state index in [0.29, 0.717) is 46.7 Å². The molecule has 0 unspecified atom stereocenters. The maximum absolute atomic E-state index is 13.5. The number of anilines is 1. The lowest BCUT2D eigenvalue weighted by Gasteiger charge is -2.18. The first-order chi connectivity index (χ1) is 16.2. The zero-order valence-electron chi connectivity index (χ0n) is 18.0. The lowest BCUT2D eigenvalue weighted by molar-refractivity contribution is 0.462. The Hall–Kier alpha value is -3.02. The van der Waals surface area contributed by atoms with Gasteiger partial charge in [0, 0.05) is 43.0 Å². The van der Waals surface area contributed by atoms with Gasteiger partial charge in [-0.2, -0.15) is 9.61 Å². The molecule has 34 heavy (non-hydrogen) atoms. The van der Waals surface area contributed by atoms with Crippen molar-refractivity contribution >= 4 is 46.4 Å². The molecule has 0 amide bonds. The second-order valence-corrected chi connectivity index (χ2v) is 9.98. The fourth-order valence-electron chi connectivity index (χ4n) is 3.37. The molecule has 0 spiro atoms. The summed E-state index contributed by atoms with van der Waals surface area (Å²) in [7, 11) is 3.44. The summed E-state index contributed by atoms with van der Waals surface area (Å²) in [6, 6.07) is 11.6. The highest BCUT2D eigenvalue weighted by Crippen LogP contribution is 2.28. The molecule has 0 saturated carbocycles. The number of nitrogens with one attached hydrogen (secondary N) is 1. The summed E-state index contributed by atoms with van der Waals surface area (Å²) >= 11 is 6.33. The summed E-state index contributed by atoms with van der Waals surface area (Å²) in [5.74, 6) is -1.72. The van der Waals surface area contributed by atoms with E-state index >= 15 is 0 Å². The zero-order chi connectivity index (χ0) is 24.5. The molecular formula is C22H19BClF2N5O2S. The molecule has 2 aromatic heterocycles. The van der Waals surface area contributed by atoms with Crippen molar-refractivity contribution in [2.24, 2.45) is 0 Å². The van der Waals surface area contributed by atoms with Gasteiger partial charge >= 0.3 is 0 Å². The van der Waals surface area contributed by atoms with Crippen molar-refractivity contribution in [1.29, 1.82) is 0 Å². The Balaban J connectivity index is 1.48. The first-order valence-corrected chi connectivity index (χ1v) is 12.0. The molecule has 7 nitrogen and oxygen atoms in total. The lowest BCUT2D eigenvalue weighted by Crippen LogP contribution is -2.29. The van der Waals surface area contributed by atoms with Crippen LogP contribution in [0.15, 0.2) is 59.6 Å². The predicted octanol–water partition coefficient (Wildman–Crippen LogP) is 3.24. The number of rotatable bonds is 8. The average molecular weight is 502 g/mol. The third-order valence-corrected chi connectivity index (χ3v) is 7.39. The molecule has 0 atom stereocenters. The van der Waals surface area contributed by atoms with E-state index in [1.165, 1.54) is 13.2 Å². The molecule has 1 N–H and O–H groups in total. The Bertz CT molecular complexity index is 1470. The Kier molecular flexibility index (Phi) is 6.87. The van der Waals surface area contributed by atoms with Gasteiger partial charge in [0.15, 0.2) is 17.3 Å². The van der Waals surface area contributed by atoms with E-state index in [9.17, 15) is 17.2 Å². The third kappa shape index (κ3) is 4.77. The zero-order valence-corrected chi connectivity index (χ0v) is 19.6. The average Bonchev–Trinajstić information content (AvgIpc) is 3.19. The number of aromatic nitrogens is 3. The van der Waals surface area contributed by atoms with Gasteiger partial charge in [-0.1, -0.05) is 29.8 Å². The van der Waals surface area contributed by atoms with Crippen LogP contribution in [0.2, 0.25) is 5.02 Å². The van der Waals surface area contributed by atoms with Crippen LogP contribution in [-0.2, 0) is 10.0 Å². The lowest BCUT2D eigenvalue weighted by atomic mass is 10.0. The Morgan fingerprint density at radius 2 is 1.91 bits per heavy atom. The van der Waals surface area contributed by atoms with Crippen molar-refractivity contribution in [2.45, 2.75) is 11.3 Å². The molecule has 0 fully saturated rings. The molecule has 2 aromatic carbocycles. The maximum atomic E-state index is 13.5. The fourth-order valence-corrected chi connectivity index (χ4v) is 4.82. The summed E-state index contributed by atoms with van der Waals surface area (Å²) in [5, 5.41) is 8.00. The van der Waals surface area contributed by atoms with E-state index in [-0.39, 0.29) is 11.4 Å². The number of fused-ring (bicyclic) bond motifs is 1. The standard InChI is InChI=1S/C22H19BClF2N5O2S/c1-30(34(32,33)14-7-8-18(25)19(26)11-14)10-4-9-27-21-12-20(15-5-2-3-6-17(15)24)29-22-16(23)13-28-31(21)22/h2-3,5-8,11-13,27H,4,9-10H2,1H3. The highest BCUT2D eigenvalue weighted by Gasteiger charge is 2.22. The van der Waals surface area contributed by atoms with Crippen molar-refractivity contribution in [3.8, 4) is 11.3 Å². The molecule has 2 radical (unpaired) electrons. The summed E-state index contributed by atoms with van der Waals surface area (Å²) in [5.41, 5.74) is 2.19. The first-order valence-electron chi connectivity index (χ1n) is 10.2. The molecule has 4 aromatic rings. The van der Waals surface area contributed by atoms with Crippen molar-refractivity contribution in [2.75, 3.05) is 25.5 Å². The van der Waals surface area contributed by atoms with Crippen molar-refractivity contribution in [3.63, 3.8) is 0 Å². The van der Waals surface area contributed by atoms with Gasteiger partial charge in [-0.15, -0.1) is 0 Å². The van der Waals surface area contributed by atoms with Crippen LogP contribution >= 0.6 is 11.6 Å². The molecule has 4 rings (SSSR count). The molecule has 0 aliphatic rings. The topological polar surface area (TPSA) is 79.6 Å². The van der Waals surface area contributed by atoms with Crippen LogP contribution in [0.5, 0.6) is 0 Å². The monoisotopic (exact) mass is 501 g/mol. The van der Waals surface area contributed by atoms with Gasteiger partial charge in [-0.05, 0) is 36.1 Å². The number of halogens is 3. The first kappa shape index (κ1) is 24.1. The van der Waals surface area contributed by atoms with Gasteiger partial charge in [0.2, 0.25) is 10.0 Å². The molecule has 0 bridgehead atoms. The number of nitrogens with zero attached hydrogens (tertiary/aromatic N) is 4. The smallest absolute Gasteiger partial charge is 0.242 e. The summed E-state index contributed by atoms with van der Waals surface area (Å²) in [4.78, 5) is 4.26. The second-order valence-electron chi connectivity index (χ2n) is 7.52. The number of hydrogen-bond donors (Lipinski definition) is 1. The number of hydrogen-bond acceptors (Lipinski definition) is 5. The van der Waals surface area contributed by atoms with Crippen LogP contribution in [0.1, 0.15) is 6.42 Å². The number of sulfonamides is 1. The largest absolute Gasteiger partial charge is 0.370 e. The van der Waals surface area contributed by atoms with Gasteiger partial charge in [0.25, 0.3) is 0 Å². The quantitative estimate of drug-likeness (QED) is 0.296. The van der Waals surface area contributed by atoms with Gasteiger partial charge in [0.05, 0.1) is 10.6 Å². The second kappa shape index (κ2) is 9.69. The predicted molar refractivity (Wildman–Crippen MR) is 128 cm³/mol. The van der Waals surface area contributed by atoms with Crippen molar-refractivity contribution in [1.82, 2.24) is 18.9 Å². The Labute approximate surface area is 201 Å². The highest BCUT2D eigenvalue weighted by atomic mass is 35.5. The summed E-state index contributed by atoms with van der Waals surface area (Å²) in [6.07, 6.45) is 1.91. The van der Waals surface area contributed by atoms with Crippen molar-refractivity contribution < 1.29 is 17.2 Å². The van der Waals surface area contributed by atoms with E-state index in [0.717, 1.165) is 22.0 Å². The summed E-state index contributed by atoms with van der Waals surface area (Å²) in [6.45, 7) is 0.527. The van der Waals surface area contributed by atoms with Crippen LogP contribution in [0.4, 0.5) is 14.6 Å². The van der Waals surface area contributed by atoms with Crippen LogP contribution < -0.4 is 10.8 Å². The van der Waals surface area contributed by atoms with Gasteiger partial charge in [-0.25, -0.2) is 26.5 Å². The Morgan fingerprint density at radius 3 is 2.65 bits per heavy atom. The molecule has 174 valence electrons. The van der Waals surface area contributed by atoms with Gasteiger partial charge in [0.1, 0.15) is 13.7 Å². The maximum Gasteiger partial charge on any atom is 0.242 e. The normalized spacial score (nSPS) is 11.9. The third-order valence-electron chi connectivity index (χ3n) is 5.20. The van der Waals surface area contributed by atoms with E-state index in [1.54, 1.807) is 16.6 Å². The molecular weight excluding hydrogens is 483 g/mol. The minimum Gasteiger partial charge on any atom is -0.370 e. The van der Waals surface area contributed by atoms with E-state index in [1.807, 2.05) is 18.2 Å². The molecule has 0 aliphatic heterocycles. The van der Waals surface area contributed by atoms with Gasteiger partial charge in [-0.3, -0.25) is 0 Å². The number of benzene rings is 2. The van der Waals surface area contributed by atoms with Crippen LogP contribution in [-0.4, -0.2) is 55.3 Å². The molecule has 12 heteroatoms. The van der Waals surface area contributed by atoms with Crippen LogP contribution in [0, 0.1) is 11.6 Å². The van der Waals surface area contributed by atoms with E-state index in [2.05, 4.69) is 15.4 Å². The van der Waals surface area contributed by atoms with Crippen molar-refractivity contribution in [3.05, 3.63) is 71.4 Å². The van der Waals surface area contributed by atoms with E-state index < -0.39 is 21.7 Å². The molecule has 0 aliphatic carbocycles. The SMILES string of the molecule is [B]c1cnn2c(NCCCN(C)S(=O)(=O)c3ccc(F)c(F)c3)cc(-c3ccccc3Cl)nc12. The van der Waals surface area contributed by atoms with Crippen LogP contribution in [0.3, 0.4) is 0 Å². The Morgan fingerprint density at radius 1 is 1.15 bits per heavy atom. The highest BCUT2D eigenvalue weighted by molar-refractivity contribution is 7.89. The fraction of sp³-hybridized carbons (Fsp3) is 0.182.